The minimum Gasteiger partial charge on any atom is -0.490 e. The van der Waals surface area contributed by atoms with Gasteiger partial charge in [-0.15, -0.1) is 0 Å². The highest BCUT2D eigenvalue weighted by Crippen LogP contribution is 2.29. The van der Waals surface area contributed by atoms with Crippen LogP contribution in [0, 0.1) is 5.92 Å². The maximum atomic E-state index is 14.3. The lowest BCUT2D eigenvalue weighted by Crippen LogP contribution is -2.47. The van der Waals surface area contributed by atoms with Gasteiger partial charge in [0, 0.05) is 43.5 Å². The molecule has 9 heteroatoms. The normalized spacial score (nSPS) is 20.4. The van der Waals surface area contributed by atoms with Gasteiger partial charge in [-0.2, -0.15) is 0 Å². The van der Waals surface area contributed by atoms with Crippen LogP contribution in [0.15, 0.2) is 78.9 Å². The van der Waals surface area contributed by atoms with E-state index < -0.39 is 12.1 Å². The Bertz CT molecular complexity index is 1360. The number of ether oxygens (including phenoxy) is 2. The molecule has 3 N–H and O–H groups in total. The molecule has 3 amide bonds. The van der Waals surface area contributed by atoms with Gasteiger partial charge in [-0.05, 0) is 76.1 Å². The number of urea groups is 1. The summed E-state index contributed by atoms with van der Waals surface area (Å²) in [5, 5.41) is 15.9. The average molecular weight is 617 g/mol. The van der Waals surface area contributed by atoms with Gasteiger partial charge in [0.15, 0.2) is 0 Å². The van der Waals surface area contributed by atoms with Gasteiger partial charge in [0.2, 0.25) is 0 Å². The number of carbonyl (C=O) groups excluding carboxylic acids is 2. The quantitative estimate of drug-likeness (QED) is 0.276. The third kappa shape index (κ3) is 10.3. The molecule has 0 fully saturated rings. The molecule has 0 aromatic heterocycles. The number of nitrogens with zero attached hydrogens (tertiary/aromatic N) is 2. The zero-order valence-corrected chi connectivity index (χ0v) is 26.9. The molecular formula is C36H48N4O5. The van der Waals surface area contributed by atoms with Crippen LogP contribution < -0.4 is 15.4 Å². The van der Waals surface area contributed by atoms with E-state index in [4.69, 9.17) is 9.47 Å². The molecule has 1 aliphatic heterocycles. The summed E-state index contributed by atoms with van der Waals surface area (Å²) in [6.07, 6.45) is 2.39. The predicted molar refractivity (Wildman–Crippen MR) is 179 cm³/mol. The van der Waals surface area contributed by atoms with Crippen molar-refractivity contribution in [3.8, 4) is 5.75 Å². The summed E-state index contributed by atoms with van der Waals surface area (Å²) < 4.78 is 12.8. The smallest absolute Gasteiger partial charge is 0.323 e. The molecule has 3 aromatic rings. The fraction of sp³-hybridized carbons (Fsp3) is 0.444. The van der Waals surface area contributed by atoms with Crippen molar-refractivity contribution in [3.63, 3.8) is 0 Å². The number of anilines is 2. The number of para-hydroxylation sites is 1. The summed E-state index contributed by atoms with van der Waals surface area (Å²) in [4.78, 5) is 31.0. The van der Waals surface area contributed by atoms with Crippen LogP contribution in [0.4, 0.5) is 16.2 Å². The highest BCUT2D eigenvalue weighted by atomic mass is 16.5. The fourth-order valence-electron chi connectivity index (χ4n) is 5.54. The van der Waals surface area contributed by atoms with Gasteiger partial charge >= 0.3 is 6.03 Å². The lowest BCUT2D eigenvalue weighted by molar-refractivity contribution is -0.0177. The van der Waals surface area contributed by atoms with E-state index in [0.29, 0.717) is 42.4 Å². The second-order valence-electron chi connectivity index (χ2n) is 12.1. The number of hydrogen-bond donors (Lipinski definition) is 3. The molecule has 1 aliphatic rings. The van der Waals surface area contributed by atoms with E-state index >= 15 is 0 Å². The summed E-state index contributed by atoms with van der Waals surface area (Å²) in [6.45, 7) is 8.24. The minimum atomic E-state index is -0.446. The highest BCUT2D eigenvalue weighted by Gasteiger charge is 2.30. The fourth-order valence-corrected chi connectivity index (χ4v) is 5.54. The Balaban J connectivity index is 1.59. The van der Waals surface area contributed by atoms with Crippen molar-refractivity contribution in [1.82, 2.24) is 9.80 Å². The molecule has 3 aromatic carbocycles. The number of amides is 3. The molecule has 0 radical (unpaired) electrons. The zero-order valence-electron chi connectivity index (χ0n) is 26.9. The minimum absolute atomic E-state index is 0.0228. The van der Waals surface area contributed by atoms with Gasteiger partial charge in [-0.3, -0.25) is 9.69 Å². The van der Waals surface area contributed by atoms with Crippen molar-refractivity contribution in [2.24, 2.45) is 5.92 Å². The van der Waals surface area contributed by atoms with E-state index in [1.807, 2.05) is 50.2 Å². The van der Waals surface area contributed by atoms with Gasteiger partial charge < -0.3 is 30.1 Å². The van der Waals surface area contributed by atoms with Crippen molar-refractivity contribution in [3.05, 3.63) is 90.0 Å². The first-order valence-electron chi connectivity index (χ1n) is 15.9. The van der Waals surface area contributed by atoms with E-state index in [0.717, 1.165) is 25.8 Å². The Morgan fingerprint density at radius 3 is 2.40 bits per heavy atom. The largest absolute Gasteiger partial charge is 0.490 e. The predicted octanol–water partition coefficient (Wildman–Crippen LogP) is 6.26. The Kier molecular flexibility index (Phi) is 12.8. The summed E-state index contributed by atoms with van der Waals surface area (Å²) in [5.74, 6) is 0.160. The average Bonchev–Trinajstić information content (AvgIpc) is 3.03. The molecule has 4 atom stereocenters. The summed E-state index contributed by atoms with van der Waals surface area (Å²) in [5.41, 5.74) is 2.68. The SMILES string of the molecule is C[C@@H]1CN([C@@H](C)CO)C(=O)c2cc(NC(=O)Nc3ccccc3)ccc2O[C@@H](C)CCCCO[C@H]1CN(C)Cc1ccccc1. The topological polar surface area (TPSA) is 103 Å². The Labute approximate surface area is 267 Å². The van der Waals surface area contributed by atoms with Crippen LogP contribution in [-0.2, 0) is 11.3 Å². The third-order valence-corrected chi connectivity index (χ3v) is 8.13. The van der Waals surface area contributed by atoms with Crippen LogP contribution in [0.2, 0.25) is 0 Å². The lowest BCUT2D eigenvalue weighted by Gasteiger charge is -2.36. The van der Waals surface area contributed by atoms with Crippen LogP contribution in [0.25, 0.3) is 0 Å². The standard InChI is InChI=1S/C36H48N4O5/c1-26-22-40(27(2)25-41)35(42)32-21-31(38-36(43)37-30-16-9-6-10-17-30)18-19-33(32)45-28(3)13-11-12-20-44-34(26)24-39(4)23-29-14-7-5-8-15-29/h5-10,14-19,21,26-28,34,41H,11-13,20,22-25H2,1-4H3,(H2,37,38,43)/t26-,27+,28+,34+/m1/s1. The summed E-state index contributed by atoms with van der Waals surface area (Å²) in [6, 6.07) is 23.8. The first kappa shape index (κ1) is 34.0. The second-order valence-corrected chi connectivity index (χ2v) is 12.1. The number of carbonyl (C=O) groups is 2. The van der Waals surface area contributed by atoms with Crippen molar-refractivity contribution in [1.29, 1.82) is 0 Å². The van der Waals surface area contributed by atoms with Gasteiger partial charge in [0.1, 0.15) is 5.75 Å². The first-order valence-corrected chi connectivity index (χ1v) is 15.9. The molecule has 0 unspecified atom stereocenters. The van der Waals surface area contributed by atoms with Gasteiger partial charge in [-0.1, -0.05) is 55.5 Å². The third-order valence-electron chi connectivity index (χ3n) is 8.13. The van der Waals surface area contributed by atoms with Crippen LogP contribution in [0.1, 0.15) is 56.0 Å². The van der Waals surface area contributed by atoms with Crippen LogP contribution in [0.5, 0.6) is 5.75 Å². The van der Waals surface area contributed by atoms with Crippen molar-refractivity contribution < 1.29 is 24.2 Å². The van der Waals surface area contributed by atoms with Gasteiger partial charge in [0.05, 0.1) is 30.4 Å². The monoisotopic (exact) mass is 616 g/mol. The number of benzene rings is 3. The van der Waals surface area contributed by atoms with E-state index in [-0.39, 0.29) is 30.6 Å². The number of rotatable bonds is 8. The first-order chi connectivity index (χ1) is 21.7. The van der Waals surface area contributed by atoms with Gasteiger partial charge in [0.25, 0.3) is 5.91 Å². The van der Waals surface area contributed by atoms with Crippen LogP contribution in [-0.4, -0.2) is 78.4 Å². The molecule has 0 saturated heterocycles. The van der Waals surface area contributed by atoms with Crippen LogP contribution in [0.3, 0.4) is 0 Å². The maximum absolute atomic E-state index is 14.3. The molecule has 242 valence electrons. The molecule has 0 saturated carbocycles. The van der Waals surface area contributed by atoms with E-state index in [1.165, 1.54) is 5.56 Å². The van der Waals surface area contributed by atoms with Gasteiger partial charge in [-0.25, -0.2) is 4.79 Å². The van der Waals surface area contributed by atoms with Crippen molar-refractivity contribution >= 4 is 23.3 Å². The van der Waals surface area contributed by atoms with Crippen molar-refractivity contribution in [2.45, 2.75) is 64.8 Å². The number of fused-ring (bicyclic) bond motifs is 1. The van der Waals surface area contributed by atoms with Crippen molar-refractivity contribution in [2.75, 3.05) is 44.0 Å². The Morgan fingerprint density at radius 1 is 1.00 bits per heavy atom. The summed E-state index contributed by atoms with van der Waals surface area (Å²) >= 11 is 0. The summed E-state index contributed by atoms with van der Waals surface area (Å²) in [7, 11) is 2.09. The lowest BCUT2D eigenvalue weighted by atomic mass is 10.0. The molecule has 9 nitrogen and oxygen atoms in total. The number of aliphatic hydroxyl groups excluding tert-OH is 1. The number of likely N-dealkylation sites (N-methyl/N-ethyl adjacent to an activating group) is 1. The molecule has 4 rings (SSSR count). The maximum Gasteiger partial charge on any atom is 0.323 e. The Hall–Kier alpha value is -3.92. The van der Waals surface area contributed by atoms with Crippen LogP contribution >= 0.6 is 0 Å². The molecule has 0 aliphatic carbocycles. The second kappa shape index (κ2) is 17.0. The number of nitrogens with one attached hydrogen (secondary N) is 2. The van der Waals surface area contributed by atoms with E-state index in [9.17, 15) is 14.7 Å². The molecule has 45 heavy (non-hydrogen) atoms. The molecule has 1 heterocycles. The molecule has 0 spiro atoms. The molecular weight excluding hydrogens is 568 g/mol. The van der Waals surface area contributed by atoms with E-state index in [2.05, 4.69) is 41.6 Å². The zero-order chi connectivity index (χ0) is 32.2. The number of hydrogen-bond acceptors (Lipinski definition) is 6. The number of aliphatic hydroxyl groups is 1. The molecule has 0 bridgehead atoms. The highest BCUT2D eigenvalue weighted by molar-refractivity contribution is 6.02. The van der Waals surface area contributed by atoms with E-state index in [1.54, 1.807) is 35.2 Å². The Morgan fingerprint density at radius 2 is 1.69 bits per heavy atom.